The zero-order valence-electron chi connectivity index (χ0n) is 14.2. The minimum absolute atomic E-state index is 0.110. The van der Waals surface area contributed by atoms with Crippen LogP contribution in [0.25, 0.3) is 0 Å². The lowest BCUT2D eigenvalue weighted by Gasteiger charge is -2.32. The van der Waals surface area contributed by atoms with Crippen LogP contribution >= 0.6 is 0 Å². The highest BCUT2D eigenvalue weighted by molar-refractivity contribution is 5.99. The van der Waals surface area contributed by atoms with Crippen molar-refractivity contribution in [3.63, 3.8) is 0 Å². The average Bonchev–Trinajstić information content (AvgIpc) is 2.89. The van der Waals surface area contributed by atoms with Gasteiger partial charge in [-0.2, -0.15) is 0 Å². The lowest BCUT2D eigenvalue weighted by Crippen LogP contribution is -2.29. The number of carbonyl (C=O) groups excluding carboxylic acids is 1. The summed E-state index contributed by atoms with van der Waals surface area (Å²) in [6.07, 6.45) is 5.64. The van der Waals surface area contributed by atoms with E-state index in [2.05, 4.69) is 45.3 Å². The molecule has 116 valence electrons. The number of rotatable bonds is 2. The third-order valence-electron chi connectivity index (χ3n) is 5.96. The summed E-state index contributed by atoms with van der Waals surface area (Å²) in [6, 6.07) is 2.75. The molecule has 1 saturated carbocycles. The molecule has 2 aliphatic rings. The molecule has 0 radical (unpaired) electrons. The van der Waals surface area contributed by atoms with Gasteiger partial charge in [0, 0.05) is 29.4 Å². The standard InChI is InChI=1S/C19H29NO/c1-6-14-7-8-16(13(14)3)20-12(2)9-15-17(20)10-19(4,5)11-18(15)21/h9,13-14,16H,6-8,10-11H2,1-5H3. The highest BCUT2D eigenvalue weighted by Crippen LogP contribution is 2.45. The minimum Gasteiger partial charge on any atom is -0.345 e. The quantitative estimate of drug-likeness (QED) is 0.754. The van der Waals surface area contributed by atoms with Gasteiger partial charge in [-0.3, -0.25) is 4.79 Å². The summed E-state index contributed by atoms with van der Waals surface area (Å²) in [5, 5.41) is 0. The van der Waals surface area contributed by atoms with E-state index in [9.17, 15) is 4.79 Å². The largest absolute Gasteiger partial charge is 0.345 e. The molecule has 3 unspecified atom stereocenters. The van der Waals surface area contributed by atoms with Gasteiger partial charge in [-0.1, -0.05) is 34.1 Å². The monoisotopic (exact) mass is 287 g/mol. The van der Waals surface area contributed by atoms with Gasteiger partial charge in [-0.15, -0.1) is 0 Å². The topological polar surface area (TPSA) is 22.0 Å². The van der Waals surface area contributed by atoms with E-state index in [4.69, 9.17) is 0 Å². The molecule has 21 heavy (non-hydrogen) atoms. The van der Waals surface area contributed by atoms with Crippen LogP contribution in [0, 0.1) is 24.2 Å². The fourth-order valence-electron chi connectivity index (χ4n) is 4.80. The Morgan fingerprint density at radius 1 is 1.29 bits per heavy atom. The molecule has 1 aromatic rings. The van der Waals surface area contributed by atoms with Crippen molar-refractivity contribution in [2.24, 2.45) is 17.3 Å². The van der Waals surface area contributed by atoms with Crippen LogP contribution in [0.2, 0.25) is 0 Å². The molecule has 0 spiro atoms. The second-order valence-corrected chi connectivity index (χ2v) is 8.13. The van der Waals surface area contributed by atoms with Crippen molar-refractivity contribution in [1.29, 1.82) is 0 Å². The van der Waals surface area contributed by atoms with Gasteiger partial charge >= 0.3 is 0 Å². The maximum atomic E-state index is 12.5. The van der Waals surface area contributed by atoms with Crippen molar-refractivity contribution in [2.75, 3.05) is 0 Å². The van der Waals surface area contributed by atoms with Crippen molar-refractivity contribution in [2.45, 2.75) is 72.8 Å². The Kier molecular flexibility index (Phi) is 3.54. The number of aryl methyl sites for hydroxylation is 1. The van der Waals surface area contributed by atoms with Gasteiger partial charge in [0.25, 0.3) is 0 Å². The molecule has 1 fully saturated rings. The van der Waals surface area contributed by atoms with E-state index in [-0.39, 0.29) is 5.41 Å². The summed E-state index contributed by atoms with van der Waals surface area (Å²) in [6.45, 7) is 11.4. The first-order chi connectivity index (χ1) is 9.84. The summed E-state index contributed by atoms with van der Waals surface area (Å²) in [5.74, 6) is 1.92. The molecule has 0 N–H and O–H groups in total. The number of ketones is 1. The van der Waals surface area contributed by atoms with E-state index in [1.807, 2.05) is 0 Å². The molecule has 1 heterocycles. The molecule has 0 aromatic carbocycles. The zero-order valence-corrected chi connectivity index (χ0v) is 14.2. The van der Waals surface area contributed by atoms with Crippen LogP contribution in [-0.2, 0) is 6.42 Å². The van der Waals surface area contributed by atoms with E-state index < -0.39 is 0 Å². The highest BCUT2D eigenvalue weighted by Gasteiger charge is 2.39. The summed E-state index contributed by atoms with van der Waals surface area (Å²) in [5.41, 5.74) is 3.74. The SMILES string of the molecule is CCC1CCC(n2c(C)cc3c2CC(C)(C)CC3=O)C1C. The first-order valence-electron chi connectivity index (χ1n) is 8.58. The highest BCUT2D eigenvalue weighted by atomic mass is 16.1. The molecule has 2 nitrogen and oxygen atoms in total. The molecule has 2 heteroatoms. The molecule has 0 saturated heterocycles. The Labute approximate surface area is 128 Å². The summed E-state index contributed by atoms with van der Waals surface area (Å²) in [7, 11) is 0. The second-order valence-electron chi connectivity index (χ2n) is 8.13. The Bertz CT molecular complexity index is 566. The Hall–Kier alpha value is -1.05. The van der Waals surface area contributed by atoms with Crippen LogP contribution in [0.4, 0.5) is 0 Å². The molecule has 0 bridgehead atoms. The average molecular weight is 287 g/mol. The third kappa shape index (κ3) is 2.37. The number of carbonyl (C=O) groups is 1. The van der Waals surface area contributed by atoms with E-state index in [1.54, 1.807) is 0 Å². The zero-order chi connectivity index (χ0) is 15.4. The van der Waals surface area contributed by atoms with Crippen LogP contribution in [0.3, 0.4) is 0 Å². The summed E-state index contributed by atoms with van der Waals surface area (Å²) in [4.78, 5) is 12.5. The summed E-state index contributed by atoms with van der Waals surface area (Å²) >= 11 is 0. The van der Waals surface area contributed by atoms with Gasteiger partial charge in [0.2, 0.25) is 0 Å². The lowest BCUT2D eigenvalue weighted by atomic mass is 9.76. The van der Waals surface area contributed by atoms with Crippen molar-refractivity contribution in [3.05, 3.63) is 23.0 Å². The van der Waals surface area contributed by atoms with Gasteiger partial charge in [0.15, 0.2) is 5.78 Å². The Morgan fingerprint density at radius 2 is 2.00 bits per heavy atom. The Morgan fingerprint density at radius 3 is 2.62 bits per heavy atom. The molecule has 0 amide bonds. The van der Waals surface area contributed by atoms with E-state index >= 15 is 0 Å². The van der Waals surface area contributed by atoms with Crippen LogP contribution in [-0.4, -0.2) is 10.4 Å². The fraction of sp³-hybridized carbons (Fsp3) is 0.737. The molecule has 3 atom stereocenters. The number of Topliss-reactive ketones (excluding diaryl/α,β-unsaturated/α-hetero) is 1. The maximum absolute atomic E-state index is 12.5. The van der Waals surface area contributed by atoms with Crippen LogP contribution in [0.1, 0.15) is 81.2 Å². The van der Waals surface area contributed by atoms with Crippen molar-refractivity contribution < 1.29 is 4.79 Å². The van der Waals surface area contributed by atoms with E-state index in [0.29, 0.717) is 18.2 Å². The lowest BCUT2D eigenvalue weighted by molar-refractivity contribution is 0.0908. The number of fused-ring (bicyclic) bond motifs is 1. The van der Waals surface area contributed by atoms with Gasteiger partial charge < -0.3 is 4.57 Å². The van der Waals surface area contributed by atoms with Gasteiger partial charge in [-0.05, 0) is 49.5 Å². The first kappa shape index (κ1) is 14.9. The van der Waals surface area contributed by atoms with Gasteiger partial charge in [0.05, 0.1) is 0 Å². The molecular formula is C19H29NO. The predicted octanol–water partition coefficient (Wildman–Crippen LogP) is 4.95. The van der Waals surface area contributed by atoms with Crippen LogP contribution < -0.4 is 0 Å². The Balaban J connectivity index is 2.03. The molecular weight excluding hydrogens is 258 g/mol. The molecule has 1 aromatic heterocycles. The fourth-order valence-corrected chi connectivity index (χ4v) is 4.80. The second kappa shape index (κ2) is 5.00. The number of hydrogen-bond acceptors (Lipinski definition) is 1. The third-order valence-corrected chi connectivity index (χ3v) is 5.96. The molecule has 3 rings (SSSR count). The number of nitrogens with zero attached hydrogens (tertiary/aromatic N) is 1. The smallest absolute Gasteiger partial charge is 0.165 e. The van der Waals surface area contributed by atoms with Gasteiger partial charge in [-0.25, -0.2) is 0 Å². The normalized spacial score (nSPS) is 31.5. The molecule has 2 aliphatic carbocycles. The summed E-state index contributed by atoms with van der Waals surface area (Å²) < 4.78 is 2.54. The number of aromatic nitrogens is 1. The van der Waals surface area contributed by atoms with Crippen molar-refractivity contribution in [3.8, 4) is 0 Å². The van der Waals surface area contributed by atoms with Crippen LogP contribution in [0.5, 0.6) is 0 Å². The van der Waals surface area contributed by atoms with Crippen LogP contribution in [0.15, 0.2) is 6.07 Å². The molecule has 0 aliphatic heterocycles. The van der Waals surface area contributed by atoms with E-state index in [1.165, 1.54) is 30.7 Å². The minimum atomic E-state index is 0.110. The first-order valence-corrected chi connectivity index (χ1v) is 8.58. The maximum Gasteiger partial charge on any atom is 0.165 e. The van der Waals surface area contributed by atoms with Gasteiger partial charge in [0.1, 0.15) is 0 Å². The number of hydrogen-bond donors (Lipinski definition) is 0. The predicted molar refractivity (Wildman–Crippen MR) is 86.8 cm³/mol. The van der Waals surface area contributed by atoms with E-state index in [0.717, 1.165) is 23.8 Å². The van der Waals surface area contributed by atoms with Crippen molar-refractivity contribution >= 4 is 5.78 Å². The van der Waals surface area contributed by atoms with Crippen molar-refractivity contribution in [1.82, 2.24) is 4.57 Å².